The zero-order valence-corrected chi connectivity index (χ0v) is 9.55. The lowest BCUT2D eigenvalue weighted by atomic mass is 10.1. The Morgan fingerprint density at radius 2 is 1.62 bits per heavy atom. The van der Waals surface area contributed by atoms with Crippen molar-refractivity contribution >= 4 is 0 Å². The number of hydrogen-bond acceptors (Lipinski definition) is 1. The van der Waals surface area contributed by atoms with Crippen LogP contribution < -0.4 is 0 Å². The number of aryl methyl sites for hydroxylation is 2. The molecule has 13 heavy (non-hydrogen) atoms. The normalized spacial score (nSPS) is 13.8. The maximum atomic E-state index is 4.48. The van der Waals surface area contributed by atoms with E-state index in [0.29, 0.717) is 12.0 Å². The van der Waals surface area contributed by atoms with Crippen molar-refractivity contribution in [1.29, 1.82) is 0 Å². The number of hydrogen-bond donors (Lipinski definition) is 0. The van der Waals surface area contributed by atoms with Crippen LogP contribution in [0.1, 0.15) is 44.0 Å². The second kappa shape index (κ2) is 3.52. The van der Waals surface area contributed by atoms with Gasteiger partial charge in [0.25, 0.3) is 0 Å². The van der Waals surface area contributed by atoms with Crippen LogP contribution in [0.2, 0.25) is 0 Å². The van der Waals surface area contributed by atoms with E-state index >= 15 is 0 Å². The van der Waals surface area contributed by atoms with Crippen LogP contribution >= 0.6 is 0 Å². The lowest BCUT2D eigenvalue weighted by molar-refractivity contribution is 0.395. The molecule has 2 nitrogen and oxygen atoms in total. The topological polar surface area (TPSA) is 17.8 Å². The van der Waals surface area contributed by atoms with Crippen molar-refractivity contribution in [3.05, 3.63) is 17.2 Å². The second-order valence-corrected chi connectivity index (χ2v) is 4.18. The first kappa shape index (κ1) is 10.3. The zero-order chi connectivity index (χ0) is 10.2. The Morgan fingerprint density at radius 3 is 1.92 bits per heavy atom. The average Bonchev–Trinajstić information content (AvgIpc) is 2.26. The van der Waals surface area contributed by atoms with Crippen LogP contribution in [0.5, 0.6) is 0 Å². The minimum absolute atomic E-state index is 0.543. The van der Waals surface area contributed by atoms with E-state index in [4.69, 9.17) is 0 Å². The summed E-state index contributed by atoms with van der Waals surface area (Å²) in [6.45, 7) is 13.1. The van der Waals surface area contributed by atoms with Gasteiger partial charge in [-0.3, -0.25) is 0 Å². The standard InChI is InChI=1S/C11H20N2/c1-7(2)9(4)13-10(5)8(3)12-11(13)6/h7,9H,1-6H3. The minimum atomic E-state index is 0.543. The van der Waals surface area contributed by atoms with Crippen molar-refractivity contribution in [1.82, 2.24) is 9.55 Å². The van der Waals surface area contributed by atoms with Gasteiger partial charge in [-0.2, -0.15) is 0 Å². The summed E-state index contributed by atoms with van der Waals surface area (Å²) in [5.41, 5.74) is 2.46. The first-order valence-electron chi connectivity index (χ1n) is 4.97. The first-order chi connectivity index (χ1) is 5.95. The van der Waals surface area contributed by atoms with Crippen LogP contribution in [0, 0.1) is 26.7 Å². The smallest absolute Gasteiger partial charge is 0.106 e. The molecule has 0 saturated carbocycles. The highest BCUT2D eigenvalue weighted by Crippen LogP contribution is 2.22. The third-order valence-electron chi connectivity index (χ3n) is 2.94. The van der Waals surface area contributed by atoms with Gasteiger partial charge >= 0.3 is 0 Å². The summed E-state index contributed by atoms with van der Waals surface area (Å²) in [5.74, 6) is 1.79. The van der Waals surface area contributed by atoms with Gasteiger partial charge in [0.2, 0.25) is 0 Å². The summed E-state index contributed by atoms with van der Waals surface area (Å²) in [7, 11) is 0. The van der Waals surface area contributed by atoms with Crippen molar-refractivity contribution in [2.75, 3.05) is 0 Å². The minimum Gasteiger partial charge on any atom is -0.329 e. The molecule has 0 saturated heterocycles. The predicted molar refractivity (Wildman–Crippen MR) is 56.0 cm³/mol. The van der Waals surface area contributed by atoms with Gasteiger partial charge in [0.1, 0.15) is 5.82 Å². The van der Waals surface area contributed by atoms with Gasteiger partial charge in [-0.1, -0.05) is 13.8 Å². The van der Waals surface area contributed by atoms with Crippen LogP contribution in [0.15, 0.2) is 0 Å². The van der Waals surface area contributed by atoms with E-state index in [1.165, 1.54) is 5.69 Å². The third-order valence-corrected chi connectivity index (χ3v) is 2.94. The maximum absolute atomic E-state index is 4.48. The summed E-state index contributed by atoms with van der Waals surface area (Å²) >= 11 is 0. The molecule has 0 radical (unpaired) electrons. The Labute approximate surface area is 81.0 Å². The first-order valence-corrected chi connectivity index (χ1v) is 4.97. The highest BCUT2D eigenvalue weighted by atomic mass is 15.1. The molecule has 1 unspecified atom stereocenters. The number of rotatable bonds is 2. The molecular weight excluding hydrogens is 160 g/mol. The van der Waals surface area contributed by atoms with E-state index in [-0.39, 0.29) is 0 Å². The van der Waals surface area contributed by atoms with Crippen LogP contribution in [0.4, 0.5) is 0 Å². The van der Waals surface area contributed by atoms with E-state index in [0.717, 1.165) is 11.5 Å². The monoisotopic (exact) mass is 180 g/mol. The van der Waals surface area contributed by atoms with Crippen LogP contribution in [0.3, 0.4) is 0 Å². The SMILES string of the molecule is Cc1nc(C)n(C(C)C(C)C)c1C. The van der Waals surface area contributed by atoms with Crippen LogP contribution in [0.25, 0.3) is 0 Å². The fraction of sp³-hybridized carbons (Fsp3) is 0.727. The molecule has 0 N–H and O–H groups in total. The van der Waals surface area contributed by atoms with Gasteiger partial charge in [0, 0.05) is 11.7 Å². The third kappa shape index (κ3) is 1.77. The highest BCUT2D eigenvalue weighted by molar-refractivity contribution is 5.14. The molecular formula is C11H20N2. The van der Waals surface area contributed by atoms with Gasteiger partial charge in [-0.15, -0.1) is 0 Å². The number of nitrogens with zero attached hydrogens (tertiary/aromatic N) is 2. The Balaban J connectivity index is 3.13. The molecule has 0 aromatic carbocycles. The molecule has 1 rings (SSSR count). The van der Waals surface area contributed by atoms with Gasteiger partial charge in [0.05, 0.1) is 5.69 Å². The van der Waals surface area contributed by atoms with E-state index in [1.54, 1.807) is 0 Å². The Hall–Kier alpha value is -0.790. The number of aromatic nitrogens is 2. The van der Waals surface area contributed by atoms with Crippen molar-refractivity contribution in [3.8, 4) is 0 Å². The van der Waals surface area contributed by atoms with Crippen molar-refractivity contribution in [2.45, 2.75) is 47.6 Å². The van der Waals surface area contributed by atoms with Crippen molar-refractivity contribution < 1.29 is 0 Å². The highest BCUT2D eigenvalue weighted by Gasteiger charge is 2.15. The number of imidazole rings is 1. The largest absolute Gasteiger partial charge is 0.329 e. The lowest BCUT2D eigenvalue weighted by Crippen LogP contribution is -2.14. The van der Waals surface area contributed by atoms with Crippen LogP contribution in [-0.4, -0.2) is 9.55 Å². The summed E-state index contributed by atoms with van der Waals surface area (Å²) < 4.78 is 2.33. The molecule has 1 aromatic rings. The predicted octanol–water partition coefficient (Wildman–Crippen LogP) is 3.03. The molecule has 0 spiro atoms. The molecule has 1 atom stereocenters. The molecule has 1 heterocycles. The van der Waals surface area contributed by atoms with E-state index in [1.807, 2.05) is 0 Å². The summed E-state index contributed by atoms with van der Waals surface area (Å²) in [4.78, 5) is 4.48. The molecule has 0 fully saturated rings. The van der Waals surface area contributed by atoms with Gasteiger partial charge in [-0.25, -0.2) is 4.98 Å². The van der Waals surface area contributed by atoms with Crippen molar-refractivity contribution in [2.24, 2.45) is 5.92 Å². The molecule has 0 amide bonds. The molecule has 74 valence electrons. The molecule has 1 aromatic heterocycles. The zero-order valence-electron chi connectivity index (χ0n) is 9.55. The second-order valence-electron chi connectivity index (χ2n) is 4.18. The average molecular weight is 180 g/mol. The van der Waals surface area contributed by atoms with Crippen LogP contribution in [-0.2, 0) is 0 Å². The quantitative estimate of drug-likeness (QED) is 0.684. The Morgan fingerprint density at radius 1 is 1.08 bits per heavy atom. The summed E-state index contributed by atoms with van der Waals surface area (Å²) in [6.07, 6.45) is 0. The molecule has 0 aliphatic heterocycles. The van der Waals surface area contributed by atoms with Crippen molar-refractivity contribution in [3.63, 3.8) is 0 Å². The summed E-state index contributed by atoms with van der Waals surface area (Å²) in [6, 6.07) is 0.543. The van der Waals surface area contributed by atoms with E-state index in [2.05, 4.69) is 51.1 Å². The summed E-state index contributed by atoms with van der Waals surface area (Å²) in [5, 5.41) is 0. The fourth-order valence-electron chi connectivity index (χ4n) is 1.69. The van der Waals surface area contributed by atoms with Gasteiger partial charge in [0.15, 0.2) is 0 Å². The van der Waals surface area contributed by atoms with Gasteiger partial charge < -0.3 is 4.57 Å². The Kier molecular flexibility index (Phi) is 2.79. The molecule has 0 aliphatic carbocycles. The molecule has 0 aliphatic rings. The van der Waals surface area contributed by atoms with Gasteiger partial charge in [-0.05, 0) is 33.6 Å². The Bertz CT molecular complexity index is 297. The van der Waals surface area contributed by atoms with E-state index < -0.39 is 0 Å². The lowest BCUT2D eigenvalue weighted by Gasteiger charge is -2.20. The fourth-order valence-corrected chi connectivity index (χ4v) is 1.69. The molecule has 2 heteroatoms. The van der Waals surface area contributed by atoms with E-state index in [9.17, 15) is 0 Å². The molecule has 0 bridgehead atoms. The maximum Gasteiger partial charge on any atom is 0.106 e.